The van der Waals surface area contributed by atoms with Crippen molar-refractivity contribution >= 4 is 17.3 Å². The summed E-state index contributed by atoms with van der Waals surface area (Å²) in [5, 5.41) is 26.7. The number of rotatable bonds is 7. The van der Waals surface area contributed by atoms with E-state index in [1.165, 1.54) is 11.6 Å². The fourth-order valence-electron chi connectivity index (χ4n) is 3.41. The lowest BCUT2D eigenvalue weighted by atomic mass is 9.94. The van der Waals surface area contributed by atoms with Crippen molar-refractivity contribution in [1.29, 1.82) is 0 Å². The first-order valence-corrected chi connectivity index (χ1v) is 9.64. The van der Waals surface area contributed by atoms with Crippen LogP contribution < -0.4 is 20.3 Å². The number of anilines is 2. The van der Waals surface area contributed by atoms with Crippen LogP contribution in [0.5, 0.6) is 11.5 Å². The summed E-state index contributed by atoms with van der Waals surface area (Å²) in [6.07, 6.45) is -0.0528. The SMILES string of the molecule is CN(C)c1ccc(CC(C)(C)NC[C@H](O)c2ccc(O)c3c2OCC(=O)N3)cc1. The predicted octanol–water partition coefficient (Wildman–Crippen LogP) is 2.43. The molecule has 29 heavy (non-hydrogen) atoms. The standard InChI is InChI=1S/C22H29N3O4/c1-22(2,11-14-5-7-15(8-6-14)25(3)4)23-12-18(27)16-9-10-17(26)20-21(16)29-13-19(28)24-20/h5-10,18,23,26-27H,11-13H2,1-4H3,(H,24,28)/t18-/m0/s1. The number of β-amino-alcohol motifs (C(OH)–C–C–N with tert-alkyl or cyclic N) is 1. The zero-order valence-corrected chi connectivity index (χ0v) is 17.3. The fraction of sp³-hybridized carbons (Fsp3) is 0.409. The van der Waals surface area contributed by atoms with Gasteiger partial charge in [-0.2, -0.15) is 0 Å². The van der Waals surface area contributed by atoms with Gasteiger partial charge in [0.05, 0.1) is 6.10 Å². The van der Waals surface area contributed by atoms with E-state index in [1.54, 1.807) is 6.07 Å². The Bertz CT molecular complexity index is 878. The number of benzene rings is 2. The van der Waals surface area contributed by atoms with Crippen LogP contribution in [-0.4, -0.2) is 48.9 Å². The number of hydrogen-bond acceptors (Lipinski definition) is 6. The highest BCUT2D eigenvalue weighted by molar-refractivity contribution is 5.97. The monoisotopic (exact) mass is 399 g/mol. The average Bonchev–Trinajstić information content (AvgIpc) is 2.67. The lowest BCUT2D eigenvalue weighted by molar-refractivity contribution is -0.118. The second-order valence-corrected chi connectivity index (χ2v) is 8.23. The minimum Gasteiger partial charge on any atom is -0.506 e. The first kappa shape index (κ1) is 21.0. The van der Waals surface area contributed by atoms with Crippen LogP contribution in [0, 0.1) is 0 Å². The Balaban J connectivity index is 1.66. The van der Waals surface area contributed by atoms with E-state index in [1.807, 2.05) is 14.1 Å². The molecule has 0 aliphatic carbocycles. The highest BCUT2D eigenvalue weighted by Crippen LogP contribution is 2.41. The maximum Gasteiger partial charge on any atom is 0.262 e. The maximum atomic E-state index is 11.5. The molecule has 0 radical (unpaired) electrons. The Morgan fingerprint density at radius 3 is 2.55 bits per heavy atom. The van der Waals surface area contributed by atoms with Gasteiger partial charge in [-0.15, -0.1) is 0 Å². The van der Waals surface area contributed by atoms with Crippen molar-refractivity contribution in [2.24, 2.45) is 0 Å². The molecule has 0 bridgehead atoms. The molecule has 2 aromatic carbocycles. The van der Waals surface area contributed by atoms with E-state index in [2.05, 4.69) is 53.6 Å². The lowest BCUT2D eigenvalue weighted by Crippen LogP contribution is -2.43. The highest BCUT2D eigenvalue weighted by Gasteiger charge is 2.27. The summed E-state index contributed by atoms with van der Waals surface area (Å²) in [5.41, 5.74) is 2.84. The Morgan fingerprint density at radius 2 is 1.90 bits per heavy atom. The third-order valence-electron chi connectivity index (χ3n) is 5.01. The molecule has 7 nitrogen and oxygen atoms in total. The van der Waals surface area contributed by atoms with Gasteiger partial charge in [0, 0.05) is 37.4 Å². The van der Waals surface area contributed by atoms with Crippen molar-refractivity contribution in [2.75, 3.05) is 37.5 Å². The number of carbonyl (C=O) groups excluding carboxylic acids is 1. The van der Waals surface area contributed by atoms with Crippen LogP contribution >= 0.6 is 0 Å². The molecule has 1 amide bonds. The number of nitrogens with one attached hydrogen (secondary N) is 2. The van der Waals surface area contributed by atoms with Crippen molar-refractivity contribution in [3.8, 4) is 11.5 Å². The van der Waals surface area contributed by atoms with Crippen LogP contribution in [-0.2, 0) is 11.2 Å². The highest BCUT2D eigenvalue weighted by atomic mass is 16.5. The van der Waals surface area contributed by atoms with Crippen LogP contribution in [0.4, 0.5) is 11.4 Å². The Hall–Kier alpha value is -2.77. The number of phenols is 1. The van der Waals surface area contributed by atoms with E-state index in [0.717, 1.165) is 12.1 Å². The van der Waals surface area contributed by atoms with Gasteiger partial charge >= 0.3 is 0 Å². The van der Waals surface area contributed by atoms with Crippen LogP contribution in [0.3, 0.4) is 0 Å². The summed E-state index contributed by atoms with van der Waals surface area (Å²) < 4.78 is 5.46. The molecule has 0 unspecified atom stereocenters. The van der Waals surface area contributed by atoms with Crippen molar-refractivity contribution in [3.05, 3.63) is 47.5 Å². The molecule has 0 saturated carbocycles. The fourth-order valence-corrected chi connectivity index (χ4v) is 3.41. The van der Waals surface area contributed by atoms with Gasteiger partial charge in [0.25, 0.3) is 5.91 Å². The van der Waals surface area contributed by atoms with Gasteiger partial charge in [0.2, 0.25) is 0 Å². The molecule has 1 heterocycles. The van der Waals surface area contributed by atoms with Crippen molar-refractivity contribution < 1.29 is 19.7 Å². The molecule has 3 rings (SSSR count). The Kier molecular flexibility index (Phi) is 6.00. The first-order valence-electron chi connectivity index (χ1n) is 9.64. The summed E-state index contributed by atoms with van der Waals surface area (Å²) in [4.78, 5) is 13.6. The molecule has 0 fully saturated rings. The Labute approximate surface area is 171 Å². The van der Waals surface area contributed by atoms with Gasteiger partial charge in [-0.3, -0.25) is 4.79 Å². The third-order valence-corrected chi connectivity index (χ3v) is 5.01. The number of ether oxygens (including phenoxy) is 1. The molecule has 0 aromatic heterocycles. The first-order chi connectivity index (χ1) is 13.7. The number of aromatic hydroxyl groups is 1. The zero-order valence-electron chi connectivity index (χ0n) is 17.3. The average molecular weight is 399 g/mol. The topological polar surface area (TPSA) is 94.1 Å². The van der Waals surface area contributed by atoms with Gasteiger partial charge in [-0.1, -0.05) is 12.1 Å². The molecule has 156 valence electrons. The predicted molar refractivity (Wildman–Crippen MR) is 114 cm³/mol. The second-order valence-electron chi connectivity index (χ2n) is 8.23. The molecular formula is C22H29N3O4. The van der Waals surface area contributed by atoms with Crippen molar-refractivity contribution in [2.45, 2.75) is 31.9 Å². The van der Waals surface area contributed by atoms with Gasteiger partial charge in [-0.05, 0) is 50.1 Å². The van der Waals surface area contributed by atoms with Crippen LogP contribution in [0.25, 0.3) is 0 Å². The lowest BCUT2D eigenvalue weighted by Gasteiger charge is -2.29. The second kappa shape index (κ2) is 8.31. The molecule has 1 aliphatic rings. The molecule has 0 spiro atoms. The van der Waals surface area contributed by atoms with E-state index >= 15 is 0 Å². The minimum absolute atomic E-state index is 0.0848. The summed E-state index contributed by atoms with van der Waals surface area (Å²) in [5.74, 6) is -0.103. The quantitative estimate of drug-likeness (QED) is 0.535. The van der Waals surface area contributed by atoms with Crippen LogP contribution in [0.1, 0.15) is 31.1 Å². The smallest absolute Gasteiger partial charge is 0.262 e. The van der Waals surface area contributed by atoms with Crippen LogP contribution in [0.15, 0.2) is 36.4 Å². The van der Waals surface area contributed by atoms with E-state index in [4.69, 9.17) is 4.74 Å². The number of carbonyl (C=O) groups is 1. The van der Waals surface area contributed by atoms with E-state index in [9.17, 15) is 15.0 Å². The number of aliphatic hydroxyl groups is 1. The number of amides is 1. The van der Waals surface area contributed by atoms with Gasteiger partial charge < -0.3 is 30.5 Å². The summed E-state index contributed by atoms with van der Waals surface area (Å²) in [6.45, 7) is 4.33. The normalized spacial score (nSPS) is 14.6. The minimum atomic E-state index is -0.852. The summed E-state index contributed by atoms with van der Waals surface area (Å²) in [7, 11) is 4.03. The molecular weight excluding hydrogens is 370 g/mol. The van der Waals surface area contributed by atoms with Gasteiger partial charge in [0.1, 0.15) is 11.4 Å². The zero-order chi connectivity index (χ0) is 21.2. The molecule has 2 aromatic rings. The van der Waals surface area contributed by atoms with E-state index in [-0.39, 0.29) is 29.5 Å². The number of aliphatic hydroxyl groups excluding tert-OH is 1. The van der Waals surface area contributed by atoms with E-state index < -0.39 is 6.10 Å². The number of phenolic OH excluding ortho intramolecular Hbond substituents is 1. The molecule has 1 atom stereocenters. The maximum absolute atomic E-state index is 11.5. The molecule has 1 aliphatic heterocycles. The molecule has 7 heteroatoms. The molecule has 4 N–H and O–H groups in total. The summed E-state index contributed by atoms with van der Waals surface area (Å²) in [6, 6.07) is 11.5. The Morgan fingerprint density at radius 1 is 1.21 bits per heavy atom. The summed E-state index contributed by atoms with van der Waals surface area (Å²) >= 11 is 0. The van der Waals surface area contributed by atoms with Crippen LogP contribution in [0.2, 0.25) is 0 Å². The van der Waals surface area contributed by atoms with E-state index in [0.29, 0.717) is 17.9 Å². The molecule has 0 saturated heterocycles. The third kappa shape index (κ3) is 4.99. The number of hydrogen-bond donors (Lipinski definition) is 4. The largest absolute Gasteiger partial charge is 0.506 e. The van der Waals surface area contributed by atoms with Gasteiger partial charge in [0.15, 0.2) is 12.4 Å². The van der Waals surface area contributed by atoms with Crippen molar-refractivity contribution in [1.82, 2.24) is 5.32 Å². The number of fused-ring (bicyclic) bond motifs is 1. The van der Waals surface area contributed by atoms with Crippen molar-refractivity contribution in [3.63, 3.8) is 0 Å². The number of nitrogens with zero attached hydrogens (tertiary/aromatic N) is 1. The van der Waals surface area contributed by atoms with Gasteiger partial charge in [-0.25, -0.2) is 0 Å².